The molecule has 0 atom stereocenters. The van der Waals surface area contributed by atoms with Gasteiger partial charge in [0, 0.05) is 0 Å². The maximum Gasteiger partial charge on any atom is 0.120 e. The zero-order chi connectivity index (χ0) is 7.98. The molecule has 0 aliphatic carbocycles. The Hall–Kier alpha value is -0.280. The van der Waals surface area contributed by atoms with E-state index in [0.717, 1.165) is 5.23 Å². The first-order valence-electron chi connectivity index (χ1n) is 2.57. The Morgan fingerprint density at radius 1 is 1.50 bits per heavy atom. The minimum Gasteiger partial charge on any atom is -0.598 e. The van der Waals surface area contributed by atoms with Crippen molar-refractivity contribution < 1.29 is 10.0 Å². The lowest BCUT2D eigenvalue weighted by molar-refractivity contribution is -0.423. The maximum absolute atomic E-state index is 8.78. The molecule has 10 heavy (non-hydrogen) atoms. The zero-order valence-electron chi connectivity index (χ0n) is 5.93. The van der Waals surface area contributed by atoms with Crippen molar-refractivity contribution in [1.82, 2.24) is 10.6 Å². The van der Waals surface area contributed by atoms with Gasteiger partial charge in [0.05, 0.1) is 0 Å². The van der Waals surface area contributed by atoms with E-state index >= 15 is 0 Å². The fourth-order valence-corrected chi connectivity index (χ4v) is 0.361. The van der Waals surface area contributed by atoms with Gasteiger partial charge in [-0.05, 0) is 5.34 Å². The van der Waals surface area contributed by atoms with Gasteiger partial charge in [-0.3, -0.25) is 5.21 Å². The Labute approximate surface area is 59.2 Å². The summed E-state index contributed by atoms with van der Waals surface area (Å²) in [4.78, 5) is 4.39. The summed E-state index contributed by atoms with van der Waals surface area (Å²) >= 11 is 0. The summed E-state index contributed by atoms with van der Waals surface area (Å²) in [5.74, 6) is 0. The van der Waals surface area contributed by atoms with Gasteiger partial charge in [0.2, 0.25) is 0 Å². The van der Waals surface area contributed by atoms with E-state index in [1.54, 1.807) is 0 Å². The van der Waals surface area contributed by atoms with Crippen LogP contribution in [0.15, 0.2) is 0 Å². The second kappa shape index (κ2) is 5.50. The number of rotatable bonds is 5. The van der Waals surface area contributed by atoms with Crippen LogP contribution in [-0.4, -0.2) is 36.6 Å². The van der Waals surface area contributed by atoms with Crippen molar-refractivity contribution >= 4 is 0 Å². The van der Waals surface area contributed by atoms with Crippen molar-refractivity contribution in [2.45, 2.75) is 0 Å². The van der Waals surface area contributed by atoms with E-state index in [9.17, 15) is 0 Å². The smallest absolute Gasteiger partial charge is 0.120 e. The maximum atomic E-state index is 8.78. The standard InChI is InChI=1S/C3H11N5O2/c1-5-7(6-2)8(9)10-3-4/h9H,3-4H2,1-2H3/q-2. The highest BCUT2D eigenvalue weighted by Gasteiger charge is 1.91. The van der Waals surface area contributed by atoms with Crippen LogP contribution in [0.3, 0.4) is 0 Å². The number of hydrogen-bond donors (Lipinski definition) is 2. The summed E-state index contributed by atoms with van der Waals surface area (Å²) in [5.41, 5.74) is 11.9. The average molecular weight is 149 g/mol. The first-order chi connectivity index (χ1) is 4.76. The van der Waals surface area contributed by atoms with Gasteiger partial charge in [-0.25, -0.2) is 4.84 Å². The van der Waals surface area contributed by atoms with Crippen molar-refractivity contribution in [3.8, 4) is 0 Å². The molecule has 0 amide bonds. The van der Waals surface area contributed by atoms with Crippen LogP contribution in [0.2, 0.25) is 0 Å². The topological polar surface area (TPSA) is 90.2 Å². The number of nitrogens with two attached hydrogens (primary N) is 1. The van der Waals surface area contributed by atoms with Crippen molar-refractivity contribution in [2.75, 3.05) is 20.8 Å². The molecule has 0 heterocycles. The molecule has 0 unspecified atom stereocenters. The van der Waals surface area contributed by atoms with E-state index in [1.165, 1.54) is 14.1 Å². The van der Waals surface area contributed by atoms with E-state index in [1.807, 2.05) is 0 Å². The molecule has 0 aromatic carbocycles. The minimum absolute atomic E-state index is 0.141. The van der Waals surface area contributed by atoms with E-state index in [4.69, 9.17) is 10.9 Å². The van der Waals surface area contributed by atoms with Gasteiger partial charge in [0.15, 0.2) is 0 Å². The van der Waals surface area contributed by atoms with Crippen molar-refractivity contribution in [3.05, 3.63) is 10.9 Å². The van der Waals surface area contributed by atoms with E-state index < -0.39 is 0 Å². The predicted molar refractivity (Wildman–Crippen MR) is 34.2 cm³/mol. The van der Waals surface area contributed by atoms with Gasteiger partial charge in [-0.15, -0.1) is 0 Å². The molecule has 0 bridgehead atoms. The summed E-state index contributed by atoms with van der Waals surface area (Å²) < 4.78 is 0. The Kier molecular flexibility index (Phi) is 5.35. The molecule has 0 spiro atoms. The lowest BCUT2D eigenvalue weighted by atomic mass is 11.4. The second-order valence-corrected chi connectivity index (χ2v) is 1.22. The van der Waals surface area contributed by atoms with Gasteiger partial charge >= 0.3 is 0 Å². The molecule has 0 aliphatic rings. The summed E-state index contributed by atoms with van der Waals surface area (Å²) in [6.07, 6.45) is 0. The van der Waals surface area contributed by atoms with Gasteiger partial charge in [-0.1, -0.05) is 0 Å². The monoisotopic (exact) mass is 149 g/mol. The van der Waals surface area contributed by atoms with Crippen molar-refractivity contribution in [3.63, 3.8) is 0 Å². The van der Waals surface area contributed by atoms with E-state index in [0.29, 0.717) is 5.34 Å². The molecule has 62 valence electrons. The number of nitrogens with zero attached hydrogens (tertiary/aromatic N) is 4. The van der Waals surface area contributed by atoms with Gasteiger partial charge in [-0.2, -0.15) is 14.1 Å². The largest absolute Gasteiger partial charge is 0.598 e. The Morgan fingerprint density at radius 3 is 2.30 bits per heavy atom. The molecule has 0 saturated heterocycles. The van der Waals surface area contributed by atoms with Crippen molar-refractivity contribution in [2.24, 2.45) is 5.73 Å². The molecule has 0 fully saturated rings. The highest BCUT2D eigenvalue weighted by atomic mass is 16.9. The summed E-state index contributed by atoms with van der Waals surface area (Å²) in [6.45, 7) is -0.141. The average Bonchev–Trinajstić information content (AvgIpc) is 1.91. The zero-order valence-corrected chi connectivity index (χ0v) is 5.93. The van der Waals surface area contributed by atoms with Gasteiger partial charge in [0.25, 0.3) is 0 Å². The number of hydrazine groups is 1. The fourth-order valence-electron chi connectivity index (χ4n) is 0.361. The minimum atomic E-state index is -0.141. The van der Waals surface area contributed by atoms with Crippen LogP contribution in [0.25, 0.3) is 10.9 Å². The molecule has 0 aromatic rings. The normalized spacial score (nSPS) is 11.4. The number of hydrogen-bond acceptors (Lipinski definition) is 5. The highest BCUT2D eigenvalue weighted by Crippen LogP contribution is 2.03. The van der Waals surface area contributed by atoms with Crippen LogP contribution in [0.4, 0.5) is 0 Å². The Balaban J connectivity index is 3.53. The summed E-state index contributed by atoms with van der Waals surface area (Å²) in [5, 5.41) is 9.95. The van der Waals surface area contributed by atoms with Crippen LogP contribution in [-0.2, 0) is 4.84 Å². The van der Waals surface area contributed by atoms with Crippen LogP contribution >= 0.6 is 0 Å². The molecular weight excluding hydrogens is 138 g/mol. The second-order valence-electron chi connectivity index (χ2n) is 1.22. The molecule has 0 aliphatic heterocycles. The third kappa shape index (κ3) is 3.03. The summed E-state index contributed by atoms with van der Waals surface area (Å²) in [6, 6.07) is 0. The Morgan fingerprint density at radius 2 is 2.00 bits per heavy atom. The SMILES string of the molecule is C[N-]N([N-]C)N(O)OCN. The molecule has 0 rings (SSSR count). The molecular formula is C3H11N5O2-2. The van der Waals surface area contributed by atoms with Crippen LogP contribution in [0.1, 0.15) is 0 Å². The van der Waals surface area contributed by atoms with Crippen LogP contribution < -0.4 is 5.73 Å². The van der Waals surface area contributed by atoms with Crippen molar-refractivity contribution in [1.29, 1.82) is 0 Å². The van der Waals surface area contributed by atoms with E-state index in [2.05, 4.69) is 15.7 Å². The first kappa shape index (κ1) is 9.72. The lowest BCUT2D eigenvalue weighted by Crippen LogP contribution is -2.35. The molecule has 0 aromatic heterocycles. The lowest BCUT2D eigenvalue weighted by Gasteiger charge is -2.48. The molecule has 0 radical (unpaired) electrons. The van der Waals surface area contributed by atoms with E-state index in [-0.39, 0.29) is 6.73 Å². The first-order valence-corrected chi connectivity index (χ1v) is 2.57. The van der Waals surface area contributed by atoms with Crippen LogP contribution in [0, 0.1) is 0 Å². The van der Waals surface area contributed by atoms with Crippen LogP contribution in [0.5, 0.6) is 0 Å². The third-order valence-corrected chi connectivity index (χ3v) is 0.701. The van der Waals surface area contributed by atoms with Gasteiger partial charge in [0.1, 0.15) is 6.73 Å². The Bertz CT molecular complexity index is 77.3. The summed E-state index contributed by atoms with van der Waals surface area (Å²) in [7, 11) is 2.88. The molecule has 0 saturated carbocycles. The quantitative estimate of drug-likeness (QED) is 0.409. The molecule has 3 N–H and O–H groups in total. The molecule has 7 heteroatoms. The molecule has 7 nitrogen and oxygen atoms in total. The van der Waals surface area contributed by atoms with Gasteiger partial charge < -0.3 is 21.8 Å². The fraction of sp³-hybridized carbons (Fsp3) is 1.00. The predicted octanol–water partition coefficient (Wildman–Crippen LogP) is -0.421. The third-order valence-electron chi connectivity index (χ3n) is 0.701. The highest BCUT2D eigenvalue weighted by molar-refractivity contribution is 4.70.